The van der Waals surface area contributed by atoms with Crippen LogP contribution >= 0.6 is 0 Å². The predicted octanol–water partition coefficient (Wildman–Crippen LogP) is 2.29. The summed E-state index contributed by atoms with van der Waals surface area (Å²) in [5.74, 6) is 0.523. The van der Waals surface area contributed by atoms with Crippen LogP contribution in [0.5, 0.6) is 11.5 Å². The Bertz CT molecular complexity index is 388. The molecule has 1 aliphatic carbocycles. The van der Waals surface area contributed by atoms with Gasteiger partial charge in [-0.3, -0.25) is 0 Å². The molecule has 0 heterocycles. The van der Waals surface area contributed by atoms with Crippen molar-refractivity contribution in [3.05, 3.63) is 23.5 Å². The fourth-order valence-corrected chi connectivity index (χ4v) is 1.76. The molecule has 1 aliphatic rings. The van der Waals surface area contributed by atoms with Gasteiger partial charge in [0.25, 0.3) is 0 Å². The van der Waals surface area contributed by atoms with Gasteiger partial charge in [0, 0.05) is 11.6 Å². The van der Waals surface area contributed by atoms with Crippen molar-refractivity contribution >= 4 is 0 Å². The van der Waals surface area contributed by atoms with Gasteiger partial charge < -0.3 is 14.6 Å². The van der Waals surface area contributed by atoms with Crippen LogP contribution in [0.3, 0.4) is 0 Å². The molecule has 0 saturated heterocycles. The summed E-state index contributed by atoms with van der Waals surface area (Å²) in [5.41, 5.74) is 0.292. The van der Waals surface area contributed by atoms with Gasteiger partial charge in [0.2, 0.25) is 0 Å². The molecule has 0 aliphatic heterocycles. The minimum absolute atomic E-state index is 0.188. The highest BCUT2D eigenvalue weighted by molar-refractivity contribution is 5.44. The third-order valence-electron chi connectivity index (χ3n) is 2.89. The van der Waals surface area contributed by atoms with Crippen molar-refractivity contribution in [3.8, 4) is 11.5 Å². The summed E-state index contributed by atoms with van der Waals surface area (Å²) in [6.07, 6.45) is 1.17. The van der Waals surface area contributed by atoms with E-state index >= 15 is 0 Å². The van der Waals surface area contributed by atoms with Gasteiger partial charge in [-0.25, -0.2) is 4.39 Å². The van der Waals surface area contributed by atoms with Crippen LogP contribution in [0.2, 0.25) is 0 Å². The summed E-state index contributed by atoms with van der Waals surface area (Å²) < 4.78 is 23.8. The Labute approximate surface area is 93.8 Å². The monoisotopic (exact) mass is 226 g/mol. The van der Waals surface area contributed by atoms with Crippen LogP contribution < -0.4 is 9.47 Å². The van der Waals surface area contributed by atoms with Gasteiger partial charge in [-0.1, -0.05) is 0 Å². The molecule has 2 rings (SSSR count). The maximum atomic E-state index is 13.7. The van der Waals surface area contributed by atoms with Crippen molar-refractivity contribution in [3.63, 3.8) is 0 Å². The molecule has 0 aromatic heterocycles. The molecule has 4 heteroatoms. The molecule has 1 fully saturated rings. The summed E-state index contributed by atoms with van der Waals surface area (Å²) in [7, 11) is 2.94. The van der Waals surface area contributed by atoms with Crippen molar-refractivity contribution in [2.75, 3.05) is 14.2 Å². The smallest absolute Gasteiger partial charge is 0.163 e. The zero-order valence-electron chi connectivity index (χ0n) is 9.37. The molecular formula is C12H15FO3. The highest BCUT2D eigenvalue weighted by atomic mass is 19.1. The Hall–Kier alpha value is -1.29. The SMILES string of the molecule is COc1cc(F)c(C(O)C2CC2)cc1OC. The Morgan fingerprint density at radius 2 is 1.81 bits per heavy atom. The topological polar surface area (TPSA) is 38.7 Å². The summed E-state index contributed by atoms with van der Waals surface area (Å²) >= 11 is 0. The molecule has 1 aromatic rings. The zero-order chi connectivity index (χ0) is 11.7. The van der Waals surface area contributed by atoms with E-state index in [1.54, 1.807) is 0 Å². The van der Waals surface area contributed by atoms with Gasteiger partial charge in [0.05, 0.1) is 20.3 Å². The number of aliphatic hydroxyl groups excluding tert-OH is 1. The van der Waals surface area contributed by atoms with Crippen molar-refractivity contribution < 1.29 is 19.0 Å². The van der Waals surface area contributed by atoms with E-state index in [2.05, 4.69) is 0 Å². The van der Waals surface area contributed by atoms with Crippen LogP contribution in [0.25, 0.3) is 0 Å². The number of halogens is 1. The van der Waals surface area contributed by atoms with E-state index in [9.17, 15) is 9.50 Å². The number of benzene rings is 1. The van der Waals surface area contributed by atoms with E-state index in [4.69, 9.17) is 9.47 Å². The highest BCUT2D eigenvalue weighted by Gasteiger charge is 2.33. The van der Waals surface area contributed by atoms with Gasteiger partial charge >= 0.3 is 0 Å². The molecule has 1 saturated carbocycles. The second kappa shape index (κ2) is 4.29. The molecule has 0 radical (unpaired) electrons. The first-order chi connectivity index (χ1) is 7.67. The first kappa shape index (κ1) is 11.2. The molecule has 1 N–H and O–H groups in total. The third-order valence-corrected chi connectivity index (χ3v) is 2.89. The van der Waals surface area contributed by atoms with Gasteiger partial charge in [0.1, 0.15) is 5.82 Å². The van der Waals surface area contributed by atoms with E-state index in [0.717, 1.165) is 12.8 Å². The van der Waals surface area contributed by atoms with Crippen molar-refractivity contribution in [2.24, 2.45) is 5.92 Å². The van der Waals surface area contributed by atoms with E-state index in [0.29, 0.717) is 17.1 Å². The summed E-state index contributed by atoms with van der Waals surface area (Å²) in [4.78, 5) is 0. The van der Waals surface area contributed by atoms with E-state index in [-0.39, 0.29) is 5.92 Å². The lowest BCUT2D eigenvalue weighted by atomic mass is 10.0. The Morgan fingerprint density at radius 1 is 1.25 bits per heavy atom. The van der Waals surface area contributed by atoms with E-state index in [1.807, 2.05) is 0 Å². The maximum Gasteiger partial charge on any atom is 0.163 e. The normalized spacial score (nSPS) is 17.0. The van der Waals surface area contributed by atoms with E-state index < -0.39 is 11.9 Å². The predicted molar refractivity (Wildman–Crippen MR) is 57.2 cm³/mol. The minimum Gasteiger partial charge on any atom is -0.493 e. The highest BCUT2D eigenvalue weighted by Crippen LogP contribution is 2.43. The quantitative estimate of drug-likeness (QED) is 0.856. The largest absolute Gasteiger partial charge is 0.493 e. The Morgan fingerprint density at radius 3 is 2.31 bits per heavy atom. The first-order valence-electron chi connectivity index (χ1n) is 5.27. The molecule has 16 heavy (non-hydrogen) atoms. The second-order valence-corrected chi connectivity index (χ2v) is 4.01. The Kier molecular flexibility index (Phi) is 3.01. The van der Waals surface area contributed by atoms with Crippen molar-refractivity contribution in [1.82, 2.24) is 0 Å². The van der Waals surface area contributed by atoms with Gasteiger partial charge in [-0.05, 0) is 24.8 Å². The first-order valence-corrected chi connectivity index (χ1v) is 5.27. The van der Waals surface area contributed by atoms with Crippen LogP contribution in [-0.4, -0.2) is 19.3 Å². The molecule has 0 bridgehead atoms. The van der Waals surface area contributed by atoms with Crippen LogP contribution in [0, 0.1) is 11.7 Å². The average Bonchev–Trinajstić information content (AvgIpc) is 3.11. The molecule has 1 atom stereocenters. The standard InChI is InChI=1S/C12H15FO3/c1-15-10-5-8(12(14)7-3-4-7)9(13)6-11(10)16-2/h5-7,12,14H,3-4H2,1-2H3. The summed E-state index contributed by atoms with van der Waals surface area (Å²) in [5, 5.41) is 9.89. The third kappa shape index (κ3) is 1.97. The van der Waals surface area contributed by atoms with Crippen LogP contribution in [0.1, 0.15) is 24.5 Å². The molecule has 3 nitrogen and oxygen atoms in total. The molecule has 88 valence electrons. The second-order valence-electron chi connectivity index (χ2n) is 4.01. The number of aliphatic hydroxyl groups is 1. The molecule has 1 unspecified atom stereocenters. The lowest BCUT2D eigenvalue weighted by Crippen LogP contribution is -2.04. The number of rotatable bonds is 4. The van der Waals surface area contributed by atoms with Gasteiger partial charge in [-0.2, -0.15) is 0 Å². The molecular weight excluding hydrogens is 211 g/mol. The average molecular weight is 226 g/mol. The van der Waals surface area contributed by atoms with E-state index in [1.165, 1.54) is 26.4 Å². The van der Waals surface area contributed by atoms with Crippen molar-refractivity contribution in [1.29, 1.82) is 0 Å². The Balaban J connectivity index is 2.37. The minimum atomic E-state index is -0.736. The lowest BCUT2D eigenvalue weighted by molar-refractivity contribution is 0.148. The lowest BCUT2D eigenvalue weighted by Gasteiger charge is -2.14. The van der Waals surface area contributed by atoms with Gasteiger partial charge in [0.15, 0.2) is 11.5 Å². The number of hydrogen-bond acceptors (Lipinski definition) is 3. The van der Waals surface area contributed by atoms with Gasteiger partial charge in [-0.15, -0.1) is 0 Å². The fraction of sp³-hybridized carbons (Fsp3) is 0.500. The van der Waals surface area contributed by atoms with Crippen LogP contribution in [0.15, 0.2) is 12.1 Å². The number of ether oxygens (including phenoxy) is 2. The molecule has 1 aromatic carbocycles. The van der Waals surface area contributed by atoms with Crippen LogP contribution in [0.4, 0.5) is 4.39 Å². The summed E-state index contributed by atoms with van der Waals surface area (Å²) in [6, 6.07) is 2.76. The molecule has 0 amide bonds. The van der Waals surface area contributed by atoms with Crippen LogP contribution in [-0.2, 0) is 0 Å². The number of methoxy groups -OCH3 is 2. The zero-order valence-corrected chi connectivity index (χ0v) is 9.37. The molecule has 0 spiro atoms. The van der Waals surface area contributed by atoms with Crippen molar-refractivity contribution in [2.45, 2.75) is 18.9 Å². The fourth-order valence-electron chi connectivity index (χ4n) is 1.76. The number of hydrogen-bond donors (Lipinski definition) is 1. The summed E-state index contributed by atoms with van der Waals surface area (Å²) in [6.45, 7) is 0. The maximum absolute atomic E-state index is 13.7.